The molecule has 0 bridgehead atoms. The molecule has 3 N–H and O–H groups in total. The van der Waals surface area contributed by atoms with Gasteiger partial charge in [0.25, 0.3) is 5.69 Å². The van der Waals surface area contributed by atoms with Crippen molar-refractivity contribution >= 4 is 22.4 Å². The van der Waals surface area contributed by atoms with Crippen LogP contribution >= 0.6 is 0 Å². The van der Waals surface area contributed by atoms with E-state index in [9.17, 15) is 20.0 Å². The SMILES string of the molecule is C=C(N)c1c(O)c2cc([N+](=O)[O-])ccc2oc1=O. The maximum atomic E-state index is 11.5. The van der Waals surface area contributed by atoms with Crippen LogP contribution in [-0.2, 0) is 0 Å². The van der Waals surface area contributed by atoms with Crippen molar-refractivity contribution in [2.45, 2.75) is 0 Å². The van der Waals surface area contributed by atoms with Crippen LogP contribution < -0.4 is 11.4 Å². The van der Waals surface area contributed by atoms with E-state index >= 15 is 0 Å². The predicted octanol–water partition coefficient (Wildman–Crippen LogP) is 1.34. The summed E-state index contributed by atoms with van der Waals surface area (Å²) in [5.74, 6) is -0.475. The molecule has 2 rings (SSSR count). The highest BCUT2D eigenvalue weighted by Gasteiger charge is 2.17. The maximum Gasteiger partial charge on any atom is 0.349 e. The Hall–Kier alpha value is -2.83. The van der Waals surface area contributed by atoms with Gasteiger partial charge in [-0.1, -0.05) is 6.58 Å². The van der Waals surface area contributed by atoms with Gasteiger partial charge in [0.15, 0.2) is 0 Å². The first kappa shape index (κ1) is 11.6. The van der Waals surface area contributed by atoms with Crippen LogP contribution in [0.3, 0.4) is 0 Å². The van der Waals surface area contributed by atoms with Gasteiger partial charge in [-0.3, -0.25) is 10.1 Å². The average molecular weight is 248 g/mol. The van der Waals surface area contributed by atoms with Crippen molar-refractivity contribution in [2.75, 3.05) is 0 Å². The number of nitrogens with zero attached hydrogens (tertiary/aromatic N) is 1. The number of nitrogens with two attached hydrogens (primary N) is 1. The van der Waals surface area contributed by atoms with E-state index in [0.717, 1.165) is 6.07 Å². The van der Waals surface area contributed by atoms with E-state index in [-0.39, 0.29) is 27.9 Å². The van der Waals surface area contributed by atoms with E-state index in [0.29, 0.717) is 0 Å². The number of hydrogen-bond donors (Lipinski definition) is 2. The normalized spacial score (nSPS) is 10.4. The van der Waals surface area contributed by atoms with Crippen LogP contribution in [0.4, 0.5) is 5.69 Å². The Bertz CT molecular complexity index is 732. The van der Waals surface area contributed by atoms with Gasteiger partial charge in [-0.2, -0.15) is 0 Å². The topological polar surface area (TPSA) is 120 Å². The second-order valence-corrected chi connectivity index (χ2v) is 3.58. The van der Waals surface area contributed by atoms with Crippen molar-refractivity contribution in [3.63, 3.8) is 0 Å². The Balaban J connectivity index is 2.90. The first-order chi connectivity index (χ1) is 8.41. The Kier molecular flexibility index (Phi) is 2.51. The fourth-order valence-corrected chi connectivity index (χ4v) is 1.57. The third kappa shape index (κ3) is 1.67. The minimum atomic E-state index is -0.846. The molecule has 0 aliphatic carbocycles. The van der Waals surface area contributed by atoms with Crippen LogP contribution in [0, 0.1) is 10.1 Å². The predicted molar refractivity (Wildman–Crippen MR) is 64.0 cm³/mol. The van der Waals surface area contributed by atoms with Gasteiger partial charge in [-0.05, 0) is 6.07 Å². The number of rotatable bonds is 2. The summed E-state index contributed by atoms with van der Waals surface area (Å²) in [6.07, 6.45) is 0. The lowest BCUT2D eigenvalue weighted by Gasteiger charge is -2.05. The molecule has 18 heavy (non-hydrogen) atoms. The smallest absolute Gasteiger partial charge is 0.349 e. The molecule has 7 heteroatoms. The largest absolute Gasteiger partial charge is 0.506 e. The van der Waals surface area contributed by atoms with E-state index in [2.05, 4.69) is 6.58 Å². The third-order valence-corrected chi connectivity index (χ3v) is 2.39. The lowest BCUT2D eigenvalue weighted by molar-refractivity contribution is -0.384. The molecule has 0 saturated carbocycles. The second kappa shape index (κ2) is 3.88. The zero-order valence-corrected chi connectivity index (χ0v) is 9.04. The van der Waals surface area contributed by atoms with Crippen LogP contribution in [0.15, 0.2) is 34.0 Å². The highest BCUT2D eigenvalue weighted by molar-refractivity contribution is 5.89. The summed E-state index contributed by atoms with van der Waals surface area (Å²) >= 11 is 0. The van der Waals surface area contributed by atoms with Gasteiger partial charge in [0.1, 0.15) is 16.9 Å². The van der Waals surface area contributed by atoms with E-state index < -0.39 is 16.3 Å². The van der Waals surface area contributed by atoms with Gasteiger partial charge in [0.05, 0.1) is 10.3 Å². The fraction of sp³-hybridized carbons (Fsp3) is 0. The summed E-state index contributed by atoms with van der Waals surface area (Å²) in [4.78, 5) is 21.5. The van der Waals surface area contributed by atoms with Gasteiger partial charge in [0.2, 0.25) is 0 Å². The zero-order chi connectivity index (χ0) is 13.4. The minimum absolute atomic E-state index is 0.0328. The monoisotopic (exact) mass is 248 g/mol. The standard InChI is InChI=1S/C11H8N2O5/c1-5(12)9-10(14)7-4-6(13(16)17)2-3-8(7)18-11(9)15/h2-4,14H,1,12H2. The quantitative estimate of drug-likeness (QED) is 0.470. The van der Waals surface area contributed by atoms with Crippen molar-refractivity contribution < 1.29 is 14.4 Å². The summed E-state index contributed by atoms with van der Waals surface area (Å²) in [7, 11) is 0. The first-order valence-electron chi connectivity index (χ1n) is 4.80. The molecule has 7 nitrogen and oxygen atoms in total. The summed E-state index contributed by atoms with van der Waals surface area (Å²) in [6.45, 7) is 3.34. The van der Waals surface area contributed by atoms with Gasteiger partial charge in [-0.25, -0.2) is 4.79 Å². The van der Waals surface area contributed by atoms with Gasteiger partial charge < -0.3 is 15.3 Å². The molecule has 0 aliphatic heterocycles. The number of aromatic hydroxyl groups is 1. The Labute approximate surface area is 99.9 Å². The molecule has 2 aromatic rings. The van der Waals surface area contributed by atoms with E-state index in [4.69, 9.17) is 10.2 Å². The molecule has 0 atom stereocenters. The number of nitro benzene ring substituents is 1. The number of benzene rings is 1. The van der Waals surface area contributed by atoms with Crippen molar-refractivity contribution in [1.82, 2.24) is 0 Å². The Morgan fingerprint density at radius 2 is 2.17 bits per heavy atom. The molecular weight excluding hydrogens is 240 g/mol. The molecule has 0 spiro atoms. The molecule has 0 fully saturated rings. The highest BCUT2D eigenvalue weighted by atomic mass is 16.6. The first-order valence-corrected chi connectivity index (χ1v) is 4.80. The third-order valence-electron chi connectivity index (χ3n) is 2.39. The summed E-state index contributed by atoms with van der Waals surface area (Å²) < 4.78 is 4.89. The molecule has 1 heterocycles. The fourth-order valence-electron chi connectivity index (χ4n) is 1.57. The lowest BCUT2D eigenvalue weighted by atomic mass is 10.1. The van der Waals surface area contributed by atoms with Crippen molar-refractivity contribution in [1.29, 1.82) is 0 Å². The number of non-ortho nitro benzene ring substituents is 1. The second-order valence-electron chi connectivity index (χ2n) is 3.58. The molecular formula is C11H8N2O5. The van der Waals surface area contributed by atoms with Crippen LogP contribution in [0.25, 0.3) is 16.7 Å². The van der Waals surface area contributed by atoms with Crippen molar-refractivity contribution in [3.05, 3.63) is 50.9 Å². The van der Waals surface area contributed by atoms with Crippen LogP contribution in [0.5, 0.6) is 5.75 Å². The van der Waals surface area contributed by atoms with Gasteiger partial charge in [-0.15, -0.1) is 0 Å². The molecule has 0 radical (unpaired) electrons. The van der Waals surface area contributed by atoms with Crippen LogP contribution in [0.2, 0.25) is 0 Å². The van der Waals surface area contributed by atoms with Crippen LogP contribution in [-0.4, -0.2) is 10.0 Å². The molecule has 0 saturated heterocycles. The van der Waals surface area contributed by atoms with E-state index in [1.807, 2.05) is 0 Å². The van der Waals surface area contributed by atoms with Gasteiger partial charge in [0, 0.05) is 17.8 Å². The number of fused-ring (bicyclic) bond motifs is 1. The highest BCUT2D eigenvalue weighted by Crippen LogP contribution is 2.30. The zero-order valence-electron chi connectivity index (χ0n) is 9.04. The Morgan fingerprint density at radius 3 is 2.72 bits per heavy atom. The molecule has 0 unspecified atom stereocenters. The van der Waals surface area contributed by atoms with E-state index in [1.165, 1.54) is 12.1 Å². The summed E-state index contributed by atoms with van der Waals surface area (Å²) in [6, 6.07) is 3.50. The summed E-state index contributed by atoms with van der Waals surface area (Å²) in [5.41, 5.74) is 3.85. The van der Waals surface area contributed by atoms with Crippen LogP contribution in [0.1, 0.15) is 5.56 Å². The van der Waals surface area contributed by atoms with Crippen molar-refractivity contribution in [2.24, 2.45) is 5.73 Å². The number of hydrogen-bond acceptors (Lipinski definition) is 6. The lowest BCUT2D eigenvalue weighted by Crippen LogP contribution is -2.10. The van der Waals surface area contributed by atoms with E-state index in [1.54, 1.807) is 0 Å². The average Bonchev–Trinajstić information content (AvgIpc) is 2.27. The molecule has 0 amide bonds. The summed E-state index contributed by atoms with van der Waals surface area (Å²) in [5, 5.41) is 20.5. The molecule has 1 aromatic carbocycles. The molecule has 0 aliphatic rings. The molecule has 1 aromatic heterocycles. The minimum Gasteiger partial charge on any atom is -0.506 e. The van der Waals surface area contributed by atoms with Crippen molar-refractivity contribution in [3.8, 4) is 5.75 Å². The maximum absolute atomic E-state index is 11.5. The molecule has 92 valence electrons. The Morgan fingerprint density at radius 1 is 1.50 bits per heavy atom. The van der Waals surface area contributed by atoms with Gasteiger partial charge >= 0.3 is 5.63 Å². The number of nitro groups is 1.